The third-order valence-corrected chi connectivity index (χ3v) is 4.25. The minimum absolute atomic E-state index is 0.0966. The molecule has 138 valence electrons. The number of amides is 1. The number of carbonyl (C=O) groups excluding carboxylic acids is 1. The topological polar surface area (TPSA) is 86.0 Å². The van der Waals surface area contributed by atoms with Gasteiger partial charge < -0.3 is 9.64 Å². The number of hydrogen-bond acceptors (Lipinski definition) is 6. The Bertz CT molecular complexity index is 958. The zero-order valence-electron chi connectivity index (χ0n) is 14.6. The van der Waals surface area contributed by atoms with Gasteiger partial charge in [0.15, 0.2) is 5.82 Å². The normalized spacial score (nSPS) is 16.5. The smallest absolute Gasteiger partial charge is 0.274 e. The average Bonchev–Trinajstić information content (AvgIpc) is 3.02. The van der Waals surface area contributed by atoms with Crippen molar-refractivity contribution in [2.45, 2.75) is 26.1 Å². The Morgan fingerprint density at radius 1 is 1.19 bits per heavy atom. The van der Waals surface area contributed by atoms with E-state index in [9.17, 15) is 9.18 Å². The minimum Gasteiger partial charge on any atom is -0.468 e. The maximum atomic E-state index is 13.9. The number of nitrogens with zero attached hydrogens (tertiary/aromatic N) is 6. The molecule has 4 rings (SSSR count). The summed E-state index contributed by atoms with van der Waals surface area (Å²) in [4.78, 5) is 26.7. The van der Waals surface area contributed by atoms with Crippen LogP contribution in [0.4, 0.5) is 4.39 Å². The van der Waals surface area contributed by atoms with Crippen molar-refractivity contribution in [2.24, 2.45) is 0 Å². The summed E-state index contributed by atoms with van der Waals surface area (Å²) in [6.07, 6.45) is 5.60. The number of pyridine rings is 1. The van der Waals surface area contributed by atoms with Crippen LogP contribution in [0.5, 0.6) is 5.88 Å². The van der Waals surface area contributed by atoms with Crippen molar-refractivity contribution in [3.63, 3.8) is 0 Å². The molecule has 1 amide bonds. The predicted octanol–water partition coefficient (Wildman–Crippen LogP) is 1.62. The van der Waals surface area contributed by atoms with Crippen molar-refractivity contribution in [3.8, 4) is 5.88 Å². The Balaban J connectivity index is 1.61. The third-order valence-electron chi connectivity index (χ3n) is 4.25. The molecule has 8 nitrogen and oxygen atoms in total. The quantitative estimate of drug-likeness (QED) is 0.698. The van der Waals surface area contributed by atoms with Crippen molar-refractivity contribution < 1.29 is 13.9 Å². The van der Waals surface area contributed by atoms with E-state index in [1.54, 1.807) is 28.9 Å². The maximum Gasteiger partial charge on any atom is 0.274 e. The first-order chi connectivity index (χ1) is 13.1. The number of aromatic nitrogens is 5. The second kappa shape index (κ2) is 7.10. The van der Waals surface area contributed by atoms with E-state index in [4.69, 9.17) is 4.74 Å². The number of carbonyl (C=O) groups is 1. The molecule has 27 heavy (non-hydrogen) atoms. The van der Waals surface area contributed by atoms with Gasteiger partial charge in [-0.2, -0.15) is 5.10 Å². The molecule has 3 aromatic heterocycles. The lowest BCUT2D eigenvalue weighted by Gasteiger charge is -2.24. The van der Waals surface area contributed by atoms with Gasteiger partial charge in [-0.25, -0.2) is 14.4 Å². The lowest BCUT2D eigenvalue weighted by Crippen LogP contribution is -2.39. The molecular weight excluding hydrogens is 351 g/mol. The van der Waals surface area contributed by atoms with Gasteiger partial charge in [0.25, 0.3) is 11.8 Å². The van der Waals surface area contributed by atoms with E-state index in [0.717, 1.165) is 11.4 Å². The summed E-state index contributed by atoms with van der Waals surface area (Å²) in [5.74, 6) is -0.919. The molecule has 0 saturated heterocycles. The highest BCUT2D eigenvalue weighted by Crippen LogP contribution is 2.19. The predicted molar refractivity (Wildman–Crippen MR) is 92.3 cm³/mol. The Morgan fingerprint density at radius 2 is 2.07 bits per heavy atom. The van der Waals surface area contributed by atoms with Crippen LogP contribution >= 0.6 is 0 Å². The van der Waals surface area contributed by atoms with Crippen LogP contribution in [0.2, 0.25) is 0 Å². The third kappa shape index (κ3) is 3.62. The number of rotatable bonds is 3. The maximum absolute atomic E-state index is 13.9. The summed E-state index contributed by atoms with van der Waals surface area (Å²) in [6.45, 7) is 2.77. The van der Waals surface area contributed by atoms with Gasteiger partial charge >= 0.3 is 0 Å². The summed E-state index contributed by atoms with van der Waals surface area (Å²) >= 11 is 0. The number of halogens is 1. The van der Waals surface area contributed by atoms with E-state index in [-0.39, 0.29) is 24.0 Å². The van der Waals surface area contributed by atoms with Crippen molar-refractivity contribution in [3.05, 3.63) is 65.9 Å². The highest BCUT2D eigenvalue weighted by molar-refractivity contribution is 5.92. The van der Waals surface area contributed by atoms with Gasteiger partial charge in [-0.1, -0.05) is 0 Å². The van der Waals surface area contributed by atoms with Gasteiger partial charge in [-0.05, 0) is 25.1 Å². The van der Waals surface area contributed by atoms with Gasteiger partial charge in [-0.3, -0.25) is 14.5 Å². The molecule has 1 aliphatic heterocycles. The molecule has 0 N–H and O–H groups in total. The van der Waals surface area contributed by atoms with E-state index in [1.807, 2.05) is 6.07 Å². The van der Waals surface area contributed by atoms with Crippen molar-refractivity contribution in [1.82, 2.24) is 29.6 Å². The second-order valence-corrected chi connectivity index (χ2v) is 6.26. The Morgan fingerprint density at radius 3 is 2.85 bits per heavy atom. The molecule has 3 aromatic rings. The zero-order chi connectivity index (χ0) is 18.8. The number of hydrogen-bond donors (Lipinski definition) is 0. The van der Waals surface area contributed by atoms with Gasteiger partial charge in [0.1, 0.15) is 11.8 Å². The molecule has 0 fully saturated rings. The molecule has 0 bridgehead atoms. The fraction of sp³-hybridized carbons (Fsp3) is 0.278. The molecule has 0 aromatic carbocycles. The lowest BCUT2D eigenvalue weighted by atomic mass is 10.3. The van der Waals surface area contributed by atoms with Crippen LogP contribution in [0.1, 0.15) is 21.9 Å². The molecule has 0 saturated carbocycles. The number of aryl methyl sites for hydroxylation is 1. The monoisotopic (exact) mass is 368 g/mol. The first kappa shape index (κ1) is 17.1. The molecule has 1 atom stereocenters. The van der Waals surface area contributed by atoms with Crippen LogP contribution in [0.15, 0.2) is 43.0 Å². The molecule has 9 heteroatoms. The summed E-state index contributed by atoms with van der Waals surface area (Å²) in [5, 5.41) is 4.27. The Hall–Kier alpha value is -3.36. The Labute approximate surface area is 154 Å². The number of fused-ring (bicyclic) bond motifs is 1. The fourth-order valence-corrected chi connectivity index (χ4v) is 2.93. The fourth-order valence-electron chi connectivity index (χ4n) is 2.93. The van der Waals surface area contributed by atoms with Crippen molar-refractivity contribution in [2.75, 3.05) is 6.54 Å². The molecule has 4 heterocycles. The second-order valence-electron chi connectivity index (χ2n) is 6.26. The van der Waals surface area contributed by atoms with E-state index >= 15 is 0 Å². The highest BCUT2D eigenvalue weighted by atomic mass is 19.1. The van der Waals surface area contributed by atoms with Crippen LogP contribution in [0.3, 0.4) is 0 Å². The van der Waals surface area contributed by atoms with Gasteiger partial charge in [0, 0.05) is 18.6 Å². The lowest BCUT2D eigenvalue weighted by molar-refractivity contribution is 0.0632. The first-order valence-electron chi connectivity index (χ1n) is 8.46. The Kier molecular flexibility index (Phi) is 4.49. The van der Waals surface area contributed by atoms with Crippen LogP contribution in [-0.4, -0.2) is 48.2 Å². The largest absolute Gasteiger partial charge is 0.468 e. The standard InChI is InChI=1S/C18H17FN6O2/c1-12-7-22-16(8-21-12)18(26)24-9-13-4-6-23-25(13)11-14(10-24)27-17-15(19)3-2-5-20-17/h2-8,14H,9-11H2,1H3/t14-/m0/s1. The van der Waals surface area contributed by atoms with Crippen LogP contribution < -0.4 is 4.74 Å². The summed E-state index contributed by atoms with van der Waals surface area (Å²) in [5.41, 5.74) is 1.83. The molecule has 0 radical (unpaired) electrons. The summed E-state index contributed by atoms with van der Waals surface area (Å²) in [6, 6.07) is 4.61. The van der Waals surface area contributed by atoms with E-state index in [0.29, 0.717) is 13.1 Å². The number of ether oxygens (including phenoxy) is 1. The van der Waals surface area contributed by atoms with Crippen LogP contribution in [0, 0.1) is 12.7 Å². The zero-order valence-corrected chi connectivity index (χ0v) is 14.6. The van der Waals surface area contributed by atoms with Gasteiger partial charge in [-0.15, -0.1) is 0 Å². The SMILES string of the molecule is Cc1cnc(C(=O)N2Cc3ccnn3C[C@@H](Oc3ncccc3F)C2)cn1. The average molecular weight is 368 g/mol. The van der Waals surface area contributed by atoms with Crippen LogP contribution in [0.25, 0.3) is 0 Å². The summed E-state index contributed by atoms with van der Waals surface area (Å²) < 4.78 is 21.4. The molecule has 0 spiro atoms. The van der Waals surface area contributed by atoms with E-state index in [1.165, 1.54) is 24.5 Å². The first-order valence-corrected chi connectivity index (χ1v) is 8.46. The van der Waals surface area contributed by atoms with Gasteiger partial charge in [0.2, 0.25) is 0 Å². The van der Waals surface area contributed by atoms with Gasteiger partial charge in [0.05, 0.1) is 37.2 Å². The van der Waals surface area contributed by atoms with E-state index < -0.39 is 11.9 Å². The molecule has 1 aliphatic rings. The van der Waals surface area contributed by atoms with Crippen molar-refractivity contribution in [1.29, 1.82) is 0 Å². The van der Waals surface area contributed by atoms with Crippen molar-refractivity contribution >= 4 is 5.91 Å². The molecule has 0 aliphatic carbocycles. The summed E-state index contributed by atoms with van der Waals surface area (Å²) in [7, 11) is 0. The molecule has 0 unspecified atom stereocenters. The molecular formula is C18H17FN6O2. The minimum atomic E-state index is -0.551. The van der Waals surface area contributed by atoms with E-state index in [2.05, 4.69) is 20.1 Å². The highest BCUT2D eigenvalue weighted by Gasteiger charge is 2.29. The van der Waals surface area contributed by atoms with Crippen LogP contribution in [-0.2, 0) is 13.1 Å².